The molecule has 2 amide bonds. The lowest BCUT2D eigenvalue weighted by Crippen LogP contribution is -2.48. The molecule has 1 aromatic heterocycles. The van der Waals surface area contributed by atoms with Crippen LogP contribution in [-0.4, -0.2) is 57.8 Å². The van der Waals surface area contributed by atoms with Crippen LogP contribution >= 0.6 is 0 Å². The van der Waals surface area contributed by atoms with E-state index in [1.165, 1.54) is 0 Å². The smallest absolute Gasteiger partial charge is 0.253 e. The lowest BCUT2D eigenvalue weighted by Gasteiger charge is -2.37. The maximum Gasteiger partial charge on any atom is 0.253 e. The molecule has 2 aromatic carbocycles. The molecule has 0 saturated carbocycles. The number of carbonyl (C=O) groups excluding carboxylic acids is 2. The third-order valence-corrected chi connectivity index (χ3v) is 6.96. The standard InChI is InChI=1S/C26H30N4O2/c1-18-8-10-20(11-9-18)25(31)30-14-4-5-21(17-30)26(32)29-15-12-19(13-16-29)24-27-22-6-2-3-7-23(22)28-24/h2-3,6-11,19,21H,4-5,12-17H2,1H3,(H,27,28). The summed E-state index contributed by atoms with van der Waals surface area (Å²) in [5.74, 6) is 1.53. The molecule has 0 spiro atoms. The van der Waals surface area contributed by atoms with Crippen LogP contribution < -0.4 is 0 Å². The number of imidazole rings is 1. The fraction of sp³-hybridized carbons (Fsp3) is 0.423. The van der Waals surface area contributed by atoms with Gasteiger partial charge in [0.2, 0.25) is 5.91 Å². The Kier molecular flexibility index (Phi) is 5.68. The lowest BCUT2D eigenvalue weighted by molar-refractivity contribution is -0.138. The fourth-order valence-corrected chi connectivity index (χ4v) is 5.04. The van der Waals surface area contributed by atoms with E-state index in [1.807, 2.05) is 59.2 Å². The Bertz CT molecular complexity index is 1080. The Morgan fingerprint density at radius 1 is 0.938 bits per heavy atom. The topological polar surface area (TPSA) is 69.3 Å². The minimum atomic E-state index is -0.0964. The number of likely N-dealkylation sites (tertiary alicyclic amines) is 2. The molecule has 2 aliphatic heterocycles. The number of hydrogen-bond acceptors (Lipinski definition) is 3. The van der Waals surface area contributed by atoms with Gasteiger partial charge in [0.25, 0.3) is 5.91 Å². The van der Waals surface area contributed by atoms with E-state index in [9.17, 15) is 9.59 Å². The van der Waals surface area contributed by atoms with Crippen molar-refractivity contribution >= 4 is 22.8 Å². The van der Waals surface area contributed by atoms with Crippen molar-refractivity contribution in [2.75, 3.05) is 26.2 Å². The van der Waals surface area contributed by atoms with Gasteiger partial charge in [-0.15, -0.1) is 0 Å². The van der Waals surface area contributed by atoms with E-state index in [4.69, 9.17) is 4.98 Å². The number of para-hydroxylation sites is 2. The zero-order valence-corrected chi connectivity index (χ0v) is 18.6. The molecule has 1 unspecified atom stereocenters. The van der Waals surface area contributed by atoms with E-state index < -0.39 is 0 Å². The van der Waals surface area contributed by atoms with Crippen LogP contribution in [0.1, 0.15) is 53.3 Å². The van der Waals surface area contributed by atoms with Crippen LogP contribution in [0.15, 0.2) is 48.5 Å². The molecule has 5 rings (SSSR count). The summed E-state index contributed by atoms with van der Waals surface area (Å²) in [4.78, 5) is 38.2. The molecule has 3 heterocycles. The number of hydrogen-bond donors (Lipinski definition) is 1. The molecule has 0 bridgehead atoms. The number of nitrogens with one attached hydrogen (secondary N) is 1. The summed E-state index contributed by atoms with van der Waals surface area (Å²) < 4.78 is 0. The monoisotopic (exact) mass is 430 g/mol. The van der Waals surface area contributed by atoms with E-state index in [2.05, 4.69) is 11.1 Å². The first-order valence-electron chi connectivity index (χ1n) is 11.7. The normalized spacial score (nSPS) is 20.0. The second-order valence-electron chi connectivity index (χ2n) is 9.20. The Morgan fingerprint density at radius 3 is 2.44 bits per heavy atom. The molecule has 3 aromatic rings. The van der Waals surface area contributed by atoms with Crippen LogP contribution in [0.3, 0.4) is 0 Å². The van der Waals surface area contributed by atoms with Crippen molar-refractivity contribution in [2.45, 2.75) is 38.5 Å². The number of aromatic nitrogens is 2. The van der Waals surface area contributed by atoms with Crippen LogP contribution in [0.5, 0.6) is 0 Å². The first kappa shape index (κ1) is 20.7. The molecule has 0 aliphatic carbocycles. The highest BCUT2D eigenvalue weighted by molar-refractivity contribution is 5.94. The maximum absolute atomic E-state index is 13.3. The largest absolute Gasteiger partial charge is 0.342 e. The summed E-state index contributed by atoms with van der Waals surface area (Å²) in [5.41, 5.74) is 3.91. The molecule has 6 heteroatoms. The zero-order chi connectivity index (χ0) is 22.1. The van der Waals surface area contributed by atoms with Crippen LogP contribution in [0.25, 0.3) is 11.0 Å². The van der Waals surface area contributed by atoms with Crippen molar-refractivity contribution in [2.24, 2.45) is 5.92 Å². The Morgan fingerprint density at radius 2 is 1.69 bits per heavy atom. The number of aromatic amines is 1. The van der Waals surface area contributed by atoms with Gasteiger partial charge in [0.05, 0.1) is 17.0 Å². The van der Waals surface area contributed by atoms with Crippen molar-refractivity contribution < 1.29 is 9.59 Å². The average molecular weight is 431 g/mol. The lowest BCUT2D eigenvalue weighted by atomic mass is 9.92. The highest BCUT2D eigenvalue weighted by Gasteiger charge is 2.33. The molecule has 166 valence electrons. The fourth-order valence-electron chi connectivity index (χ4n) is 5.04. The summed E-state index contributed by atoms with van der Waals surface area (Å²) in [7, 11) is 0. The van der Waals surface area contributed by atoms with Crippen molar-refractivity contribution in [3.8, 4) is 0 Å². The quantitative estimate of drug-likeness (QED) is 0.679. The summed E-state index contributed by atoms with van der Waals surface area (Å²) >= 11 is 0. The molecule has 0 radical (unpaired) electrons. The number of aryl methyl sites for hydroxylation is 1. The van der Waals surface area contributed by atoms with Crippen LogP contribution in [0.4, 0.5) is 0 Å². The summed E-state index contributed by atoms with van der Waals surface area (Å²) in [6.45, 7) is 4.77. The van der Waals surface area contributed by atoms with Crippen LogP contribution in [-0.2, 0) is 4.79 Å². The van der Waals surface area contributed by atoms with E-state index in [0.29, 0.717) is 18.0 Å². The van der Waals surface area contributed by atoms with E-state index in [0.717, 1.165) is 67.7 Å². The van der Waals surface area contributed by atoms with Crippen molar-refractivity contribution in [3.05, 3.63) is 65.5 Å². The Hall–Kier alpha value is -3.15. The van der Waals surface area contributed by atoms with Gasteiger partial charge >= 0.3 is 0 Å². The molecular formula is C26H30N4O2. The first-order chi connectivity index (χ1) is 15.6. The molecule has 32 heavy (non-hydrogen) atoms. The Labute approximate surface area is 188 Å². The second kappa shape index (κ2) is 8.77. The van der Waals surface area contributed by atoms with Gasteiger partial charge in [-0.1, -0.05) is 29.8 Å². The average Bonchev–Trinajstić information content (AvgIpc) is 3.28. The maximum atomic E-state index is 13.3. The van der Waals surface area contributed by atoms with Crippen LogP contribution in [0, 0.1) is 12.8 Å². The highest BCUT2D eigenvalue weighted by Crippen LogP contribution is 2.29. The van der Waals surface area contributed by atoms with E-state index >= 15 is 0 Å². The second-order valence-corrected chi connectivity index (χ2v) is 9.20. The van der Waals surface area contributed by atoms with Crippen LogP contribution in [0.2, 0.25) is 0 Å². The van der Waals surface area contributed by atoms with Gasteiger partial charge in [0.1, 0.15) is 5.82 Å². The third kappa shape index (κ3) is 4.14. The van der Waals surface area contributed by atoms with Gasteiger partial charge in [0.15, 0.2) is 0 Å². The molecule has 2 aliphatic rings. The summed E-state index contributed by atoms with van der Waals surface area (Å²) in [6, 6.07) is 15.8. The van der Waals surface area contributed by atoms with Gasteiger partial charge in [-0.25, -0.2) is 4.98 Å². The minimum absolute atomic E-state index is 0.0334. The number of fused-ring (bicyclic) bond motifs is 1. The van der Waals surface area contributed by atoms with Crippen molar-refractivity contribution in [1.82, 2.24) is 19.8 Å². The number of piperidine rings is 2. The molecule has 1 N–H and O–H groups in total. The van der Waals surface area contributed by atoms with Gasteiger partial charge < -0.3 is 14.8 Å². The van der Waals surface area contributed by atoms with Gasteiger partial charge in [-0.05, 0) is 56.9 Å². The molecule has 2 fully saturated rings. The van der Waals surface area contributed by atoms with E-state index in [1.54, 1.807) is 0 Å². The molecule has 6 nitrogen and oxygen atoms in total. The number of amides is 2. The van der Waals surface area contributed by atoms with Gasteiger partial charge in [0, 0.05) is 37.7 Å². The summed E-state index contributed by atoms with van der Waals surface area (Å²) in [6.07, 6.45) is 3.58. The molecular weight excluding hydrogens is 400 g/mol. The minimum Gasteiger partial charge on any atom is -0.342 e. The molecule has 1 atom stereocenters. The van der Waals surface area contributed by atoms with Crippen molar-refractivity contribution in [3.63, 3.8) is 0 Å². The molecule has 2 saturated heterocycles. The Balaban J connectivity index is 1.19. The summed E-state index contributed by atoms with van der Waals surface area (Å²) in [5, 5.41) is 0. The van der Waals surface area contributed by atoms with Gasteiger partial charge in [-0.2, -0.15) is 0 Å². The zero-order valence-electron chi connectivity index (χ0n) is 18.6. The predicted molar refractivity (Wildman–Crippen MR) is 124 cm³/mol. The SMILES string of the molecule is Cc1ccc(C(=O)N2CCCC(C(=O)N3CCC(c4nc5ccccc5[nH]4)CC3)C2)cc1. The highest BCUT2D eigenvalue weighted by atomic mass is 16.2. The first-order valence-corrected chi connectivity index (χ1v) is 11.7. The third-order valence-electron chi connectivity index (χ3n) is 6.96. The number of benzene rings is 2. The number of H-pyrrole nitrogens is 1. The van der Waals surface area contributed by atoms with E-state index in [-0.39, 0.29) is 17.7 Å². The van der Waals surface area contributed by atoms with Gasteiger partial charge in [-0.3, -0.25) is 9.59 Å². The number of carbonyl (C=O) groups is 2. The van der Waals surface area contributed by atoms with Crippen molar-refractivity contribution in [1.29, 1.82) is 0 Å². The predicted octanol–water partition coefficient (Wildman–Crippen LogP) is 4.13. The number of rotatable bonds is 3. The number of nitrogens with zero attached hydrogens (tertiary/aromatic N) is 3.